The van der Waals surface area contributed by atoms with E-state index in [1.165, 1.54) is 0 Å². The van der Waals surface area contributed by atoms with Crippen LogP contribution in [0.4, 0.5) is 0 Å². The molecule has 0 saturated carbocycles. The summed E-state index contributed by atoms with van der Waals surface area (Å²) in [4.78, 5) is 44.4. The monoisotopic (exact) mass is 383 g/mol. The molecule has 138 valence electrons. The summed E-state index contributed by atoms with van der Waals surface area (Å²) in [6.45, 7) is -2.25. The van der Waals surface area contributed by atoms with Crippen molar-refractivity contribution in [2.45, 2.75) is 0 Å². The number of carbonyl (C=O) groups is 4. The van der Waals surface area contributed by atoms with Gasteiger partial charge in [-0.1, -0.05) is 0 Å². The first-order valence-corrected chi connectivity index (χ1v) is 5.52. The summed E-state index contributed by atoms with van der Waals surface area (Å²) >= 11 is 0. The average Bonchev–Trinajstić information content (AvgIpc) is 2.22. The molecule has 0 aliphatic rings. The normalized spacial score (nSPS) is 9.30. The zero-order chi connectivity index (χ0) is 15.7. The quantitative estimate of drug-likeness (QED) is 0.230. The average molecular weight is 383 g/mol. The van der Waals surface area contributed by atoms with Crippen LogP contribution in [0, 0.1) is 0 Å². The second kappa shape index (κ2) is 15.1. The molecule has 0 aliphatic carbocycles. The molecule has 0 spiro atoms. The molecule has 0 heterocycles. The van der Waals surface area contributed by atoms with E-state index in [-0.39, 0.29) is 41.8 Å². The maximum Gasteiger partial charge on any atom is 0.317 e. The van der Waals surface area contributed by atoms with Gasteiger partial charge in [0, 0.05) is 30.2 Å². The Kier molecular flexibility index (Phi) is 19.3. The number of hydrogen-bond donors (Lipinski definition) is 5. The molecule has 0 radical (unpaired) electrons. The molecular weight excluding hydrogens is 362 g/mol. The standard InChI is InChI=1S/C10H16N2O8.Fe.H3N.H2O/c13-7(14)3-11(4-8(15)16)1-2-12(5-9(17)18)6-10(19)20;;;/h1-6H2,(H,13,14)(H,15,16)(H,17,18)(H,19,20);;1H3;1H2. The molecule has 0 rings (SSSR count). The molecule has 12 nitrogen and oxygen atoms in total. The fourth-order valence-corrected chi connectivity index (χ4v) is 1.48. The van der Waals surface area contributed by atoms with E-state index in [0.29, 0.717) is 0 Å². The van der Waals surface area contributed by atoms with Crippen LogP contribution in [0.1, 0.15) is 0 Å². The van der Waals surface area contributed by atoms with Gasteiger partial charge in [0.2, 0.25) is 0 Å². The minimum Gasteiger partial charge on any atom is -0.480 e. The molecule has 0 atom stereocenters. The summed E-state index contributed by atoms with van der Waals surface area (Å²) in [5, 5.41) is 34.5. The van der Waals surface area contributed by atoms with Gasteiger partial charge in [0.05, 0.1) is 26.2 Å². The Hall–Kier alpha value is -1.76. The topological polar surface area (TPSA) is 222 Å². The number of aliphatic carboxylic acids is 4. The summed E-state index contributed by atoms with van der Waals surface area (Å²) in [5.74, 6) is -4.91. The van der Waals surface area contributed by atoms with E-state index in [2.05, 4.69) is 0 Å². The van der Waals surface area contributed by atoms with Gasteiger partial charge in [0.15, 0.2) is 0 Å². The number of carboxylic acids is 4. The molecular formula is C10H21FeN3O9. The van der Waals surface area contributed by atoms with Gasteiger partial charge in [-0.05, 0) is 0 Å². The van der Waals surface area contributed by atoms with Gasteiger partial charge in [0.1, 0.15) is 0 Å². The summed E-state index contributed by atoms with van der Waals surface area (Å²) in [7, 11) is 0. The zero-order valence-electron chi connectivity index (χ0n) is 12.1. The maximum absolute atomic E-state index is 10.6. The fraction of sp³-hybridized carbons (Fsp3) is 0.600. The predicted molar refractivity (Wildman–Crippen MR) is 72.1 cm³/mol. The molecule has 0 saturated heterocycles. The van der Waals surface area contributed by atoms with Crippen molar-refractivity contribution in [3.05, 3.63) is 0 Å². The summed E-state index contributed by atoms with van der Waals surface area (Å²) < 4.78 is 0. The molecule has 0 amide bonds. The molecule has 23 heavy (non-hydrogen) atoms. The van der Waals surface area contributed by atoms with Crippen LogP contribution in [0.2, 0.25) is 0 Å². The van der Waals surface area contributed by atoms with E-state index in [1.807, 2.05) is 0 Å². The van der Waals surface area contributed by atoms with Crippen LogP contribution in [0.5, 0.6) is 0 Å². The minimum atomic E-state index is -1.23. The van der Waals surface area contributed by atoms with Gasteiger partial charge in [-0.15, -0.1) is 0 Å². The SMILES string of the molecule is N.O.O=C(O)CN(CCN(CC(=O)O)CC(=O)O)CC(=O)O.[Fe]. The summed E-state index contributed by atoms with van der Waals surface area (Å²) in [5.41, 5.74) is 0. The number of carboxylic acid groups (broad SMARTS) is 4. The van der Waals surface area contributed by atoms with E-state index in [9.17, 15) is 19.2 Å². The second-order valence-electron chi connectivity index (χ2n) is 4.00. The third-order valence-corrected chi connectivity index (χ3v) is 2.17. The first-order valence-electron chi connectivity index (χ1n) is 5.52. The molecule has 0 aliphatic heterocycles. The van der Waals surface area contributed by atoms with Crippen molar-refractivity contribution in [2.24, 2.45) is 0 Å². The molecule has 0 aromatic rings. The predicted octanol–water partition coefficient (Wildman–Crippen LogP) is -2.74. The van der Waals surface area contributed by atoms with Crippen LogP contribution >= 0.6 is 0 Å². The molecule has 0 fully saturated rings. The molecule has 0 aromatic carbocycles. The molecule has 9 N–H and O–H groups in total. The van der Waals surface area contributed by atoms with E-state index >= 15 is 0 Å². The van der Waals surface area contributed by atoms with Crippen molar-refractivity contribution >= 4 is 23.9 Å². The number of rotatable bonds is 11. The van der Waals surface area contributed by atoms with Crippen molar-refractivity contribution in [2.75, 3.05) is 39.3 Å². The second-order valence-corrected chi connectivity index (χ2v) is 4.00. The smallest absolute Gasteiger partial charge is 0.317 e. The van der Waals surface area contributed by atoms with Gasteiger partial charge < -0.3 is 32.1 Å². The van der Waals surface area contributed by atoms with Crippen molar-refractivity contribution in [1.82, 2.24) is 16.0 Å². The Labute approximate surface area is 142 Å². The molecule has 0 unspecified atom stereocenters. The summed E-state index contributed by atoms with van der Waals surface area (Å²) in [6.07, 6.45) is 0. The van der Waals surface area contributed by atoms with Crippen LogP contribution in [-0.2, 0) is 36.2 Å². The van der Waals surface area contributed by atoms with Gasteiger partial charge in [-0.25, -0.2) is 0 Å². The van der Waals surface area contributed by atoms with E-state index in [4.69, 9.17) is 20.4 Å². The third kappa shape index (κ3) is 18.2. The fourth-order valence-electron chi connectivity index (χ4n) is 1.48. The molecule has 13 heteroatoms. The van der Waals surface area contributed by atoms with Gasteiger partial charge in [-0.3, -0.25) is 29.0 Å². The van der Waals surface area contributed by atoms with Crippen LogP contribution < -0.4 is 6.15 Å². The van der Waals surface area contributed by atoms with E-state index in [1.54, 1.807) is 0 Å². The Morgan fingerprint density at radius 3 is 0.913 bits per heavy atom. The minimum absolute atomic E-state index is 0. The number of hydrogen-bond acceptors (Lipinski definition) is 7. The van der Waals surface area contributed by atoms with Crippen LogP contribution in [-0.4, -0.2) is 98.8 Å². The Morgan fingerprint density at radius 2 is 0.783 bits per heavy atom. The van der Waals surface area contributed by atoms with Crippen molar-refractivity contribution in [3.63, 3.8) is 0 Å². The maximum atomic E-state index is 10.6. The zero-order valence-corrected chi connectivity index (χ0v) is 13.2. The van der Waals surface area contributed by atoms with Gasteiger partial charge >= 0.3 is 23.9 Å². The Balaban J connectivity index is -0.000000602. The van der Waals surface area contributed by atoms with Crippen molar-refractivity contribution < 1.29 is 62.1 Å². The van der Waals surface area contributed by atoms with E-state index in [0.717, 1.165) is 9.80 Å². The van der Waals surface area contributed by atoms with Crippen molar-refractivity contribution in [3.8, 4) is 0 Å². The molecule has 0 aromatic heterocycles. The van der Waals surface area contributed by atoms with Crippen LogP contribution in [0.15, 0.2) is 0 Å². The van der Waals surface area contributed by atoms with Crippen molar-refractivity contribution in [1.29, 1.82) is 0 Å². The van der Waals surface area contributed by atoms with E-state index < -0.39 is 50.1 Å². The summed E-state index contributed by atoms with van der Waals surface area (Å²) in [6, 6.07) is 0. The largest absolute Gasteiger partial charge is 0.480 e. The first kappa shape index (κ1) is 29.3. The van der Waals surface area contributed by atoms with Crippen LogP contribution in [0.25, 0.3) is 0 Å². The van der Waals surface area contributed by atoms with Gasteiger partial charge in [-0.2, -0.15) is 0 Å². The number of nitrogens with zero attached hydrogens (tertiary/aromatic N) is 2. The van der Waals surface area contributed by atoms with Gasteiger partial charge in [0.25, 0.3) is 0 Å². The van der Waals surface area contributed by atoms with Crippen LogP contribution in [0.3, 0.4) is 0 Å². The Morgan fingerprint density at radius 1 is 0.609 bits per heavy atom. The molecule has 0 bridgehead atoms. The Bertz CT molecular complexity index is 326. The first-order chi connectivity index (χ1) is 9.20. The third-order valence-electron chi connectivity index (χ3n) is 2.17.